The third kappa shape index (κ3) is 1.18. The molecule has 1 atom stereocenters. The van der Waals surface area contributed by atoms with E-state index < -0.39 is 0 Å². The van der Waals surface area contributed by atoms with E-state index in [0.29, 0.717) is 22.8 Å². The van der Waals surface area contributed by atoms with Gasteiger partial charge in [0.1, 0.15) is 5.75 Å². The molecule has 0 aliphatic carbocycles. The molecule has 0 N–H and O–H groups in total. The highest BCUT2D eigenvalue weighted by Crippen LogP contribution is 2.43. The maximum Gasteiger partial charge on any atom is 0.265 e. The standard InChI is InChI=1S/C11H7NO4S/c13-10-6-3-8-9(15-5-14-8)4-7(6)16-11-12(10)1-2-17-11/h1-4,11H,5H2. The van der Waals surface area contributed by atoms with Crippen LogP contribution in [0.4, 0.5) is 0 Å². The van der Waals surface area contributed by atoms with Crippen molar-refractivity contribution in [3.63, 3.8) is 0 Å². The van der Waals surface area contributed by atoms with Gasteiger partial charge in [-0.25, -0.2) is 0 Å². The minimum Gasteiger partial charge on any atom is -0.459 e. The average molecular weight is 249 g/mol. The van der Waals surface area contributed by atoms with E-state index in [9.17, 15) is 4.79 Å². The van der Waals surface area contributed by atoms with Crippen LogP contribution in [-0.4, -0.2) is 23.2 Å². The molecule has 1 aromatic carbocycles. The molecule has 3 aliphatic rings. The summed E-state index contributed by atoms with van der Waals surface area (Å²) in [5.74, 6) is 1.70. The number of amides is 1. The molecule has 1 unspecified atom stereocenters. The monoisotopic (exact) mass is 249 g/mol. The first kappa shape index (κ1) is 9.23. The molecule has 0 saturated heterocycles. The van der Waals surface area contributed by atoms with Crippen molar-refractivity contribution in [2.75, 3.05) is 6.79 Å². The molecule has 17 heavy (non-hydrogen) atoms. The minimum atomic E-state index is -0.296. The Kier molecular flexibility index (Phi) is 1.69. The third-order valence-corrected chi connectivity index (χ3v) is 3.65. The lowest BCUT2D eigenvalue weighted by molar-refractivity contribution is 0.0588. The highest BCUT2D eigenvalue weighted by molar-refractivity contribution is 8.02. The van der Waals surface area contributed by atoms with Crippen molar-refractivity contribution in [2.24, 2.45) is 0 Å². The molecule has 0 bridgehead atoms. The highest BCUT2D eigenvalue weighted by atomic mass is 32.2. The molecule has 1 aromatic rings. The maximum atomic E-state index is 12.2. The van der Waals surface area contributed by atoms with Crippen LogP contribution >= 0.6 is 11.8 Å². The molecule has 6 heteroatoms. The van der Waals surface area contributed by atoms with E-state index in [0.717, 1.165) is 0 Å². The second-order valence-electron chi connectivity index (χ2n) is 3.76. The second-order valence-corrected chi connectivity index (χ2v) is 4.71. The first-order valence-corrected chi connectivity index (χ1v) is 6.02. The Morgan fingerprint density at radius 1 is 1.24 bits per heavy atom. The summed E-state index contributed by atoms with van der Waals surface area (Å²) in [5.41, 5.74) is 0.216. The van der Waals surface area contributed by atoms with Crippen molar-refractivity contribution in [1.82, 2.24) is 4.90 Å². The van der Waals surface area contributed by atoms with E-state index in [2.05, 4.69) is 0 Å². The summed E-state index contributed by atoms with van der Waals surface area (Å²) in [6.07, 6.45) is 1.73. The van der Waals surface area contributed by atoms with E-state index in [1.54, 1.807) is 23.2 Å². The van der Waals surface area contributed by atoms with Gasteiger partial charge in [-0.15, -0.1) is 0 Å². The largest absolute Gasteiger partial charge is 0.459 e. The van der Waals surface area contributed by atoms with Gasteiger partial charge >= 0.3 is 0 Å². The van der Waals surface area contributed by atoms with Crippen molar-refractivity contribution in [3.8, 4) is 17.2 Å². The van der Waals surface area contributed by atoms with Gasteiger partial charge in [-0.1, -0.05) is 11.8 Å². The fourth-order valence-corrected chi connectivity index (χ4v) is 2.78. The van der Waals surface area contributed by atoms with Gasteiger partial charge in [0.15, 0.2) is 11.5 Å². The van der Waals surface area contributed by atoms with E-state index in [1.807, 2.05) is 5.41 Å². The van der Waals surface area contributed by atoms with Gasteiger partial charge in [-0.3, -0.25) is 9.69 Å². The molecule has 4 rings (SSSR count). The van der Waals surface area contributed by atoms with Gasteiger partial charge < -0.3 is 14.2 Å². The Labute approximate surface area is 101 Å². The number of nitrogens with zero attached hydrogens (tertiary/aromatic N) is 1. The van der Waals surface area contributed by atoms with Crippen LogP contribution in [0.5, 0.6) is 17.2 Å². The van der Waals surface area contributed by atoms with Crippen LogP contribution in [0.25, 0.3) is 0 Å². The van der Waals surface area contributed by atoms with Gasteiger partial charge in [0.2, 0.25) is 12.4 Å². The van der Waals surface area contributed by atoms with Gasteiger partial charge in [-0.2, -0.15) is 0 Å². The van der Waals surface area contributed by atoms with Gasteiger partial charge in [-0.05, 0) is 5.41 Å². The highest BCUT2D eigenvalue weighted by Gasteiger charge is 2.36. The van der Waals surface area contributed by atoms with E-state index >= 15 is 0 Å². The number of fused-ring (bicyclic) bond motifs is 3. The van der Waals surface area contributed by atoms with Crippen LogP contribution in [-0.2, 0) is 0 Å². The smallest absolute Gasteiger partial charge is 0.265 e. The first-order chi connectivity index (χ1) is 8.33. The summed E-state index contributed by atoms with van der Waals surface area (Å²) in [6.45, 7) is 0.189. The summed E-state index contributed by atoms with van der Waals surface area (Å²) >= 11 is 1.46. The SMILES string of the molecule is O=C1c2cc3c(cc2OC2SC=CN12)OCO3. The summed E-state index contributed by atoms with van der Waals surface area (Å²) in [7, 11) is 0. The molecule has 1 amide bonds. The Hall–Kier alpha value is -1.82. The van der Waals surface area contributed by atoms with E-state index in [4.69, 9.17) is 14.2 Å². The van der Waals surface area contributed by atoms with Crippen LogP contribution in [0, 0.1) is 0 Å². The number of carbonyl (C=O) groups is 1. The fraction of sp³-hybridized carbons (Fsp3) is 0.182. The Balaban J connectivity index is 1.86. The van der Waals surface area contributed by atoms with Crippen LogP contribution in [0.2, 0.25) is 0 Å². The third-order valence-electron chi connectivity index (χ3n) is 2.81. The number of rotatable bonds is 0. The number of hydrogen-bond acceptors (Lipinski definition) is 5. The van der Waals surface area contributed by atoms with Crippen molar-refractivity contribution in [2.45, 2.75) is 5.56 Å². The molecule has 5 nitrogen and oxygen atoms in total. The zero-order valence-corrected chi connectivity index (χ0v) is 9.40. The molecular weight excluding hydrogens is 242 g/mol. The topological polar surface area (TPSA) is 48.0 Å². The summed E-state index contributed by atoms with van der Waals surface area (Å²) in [6, 6.07) is 3.39. The number of ether oxygens (including phenoxy) is 3. The van der Waals surface area contributed by atoms with Crippen molar-refractivity contribution in [1.29, 1.82) is 0 Å². The zero-order chi connectivity index (χ0) is 11.4. The Bertz CT molecular complexity index is 557. The van der Waals surface area contributed by atoms with E-state index in [-0.39, 0.29) is 18.3 Å². The van der Waals surface area contributed by atoms with Crippen molar-refractivity contribution < 1.29 is 19.0 Å². The maximum absolute atomic E-state index is 12.2. The lowest BCUT2D eigenvalue weighted by atomic mass is 10.1. The molecule has 86 valence electrons. The average Bonchev–Trinajstić information content (AvgIpc) is 2.94. The Morgan fingerprint density at radius 3 is 2.94 bits per heavy atom. The molecule has 3 aliphatic heterocycles. The predicted octanol–water partition coefficient (Wildman–Crippen LogP) is 1.75. The Morgan fingerprint density at radius 2 is 2.06 bits per heavy atom. The molecule has 0 saturated carbocycles. The summed E-state index contributed by atoms with van der Waals surface area (Å²) < 4.78 is 16.2. The number of benzene rings is 1. The number of carbonyl (C=O) groups excluding carboxylic acids is 1. The van der Waals surface area contributed by atoms with Gasteiger partial charge in [0.25, 0.3) is 5.91 Å². The molecule has 0 radical (unpaired) electrons. The van der Waals surface area contributed by atoms with Crippen LogP contribution in [0.1, 0.15) is 10.4 Å². The normalized spacial score (nSPS) is 23.4. The van der Waals surface area contributed by atoms with Gasteiger partial charge in [0.05, 0.1) is 5.56 Å². The molecule has 0 spiro atoms. The fourth-order valence-electron chi connectivity index (χ4n) is 1.99. The summed E-state index contributed by atoms with van der Waals surface area (Å²) in [5, 5.41) is 1.84. The molecular formula is C11H7NO4S. The summed E-state index contributed by atoms with van der Waals surface area (Å²) in [4.78, 5) is 13.7. The number of hydrogen-bond donors (Lipinski definition) is 0. The van der Waals surface area contributed by atoms with Crippen LogP contribution in [0.3, 0.4) is 0 Å². The molecule has 3 heterocycles. The molecule has 0 fully saturated rings. The second kappa shape index (κ2) is 3.10. The lowest BCUT2D eigenvalue weighted by Crippen LogP contribution is -2.39. The minimum absolute atomic E-state index is 0.0733. The predicted molar refractivity (Wildman–Crippen MR) is 59.9 cm³/mol. The first-order valence-electron chi connectivity index (χ1n) is 5.08. The molecule has 0 aromatic heterocycles. The van der Waals surface area contributed by atoms with Crippen molar-refractivity contribution >= 4 is 17.7 Å². The van der Waals surface area contributed by atoms with Gasteiger partial charge in [0, 0.05) is 18.3 Å². The van der Waals surface area contributed by atoms with E-state index in [1.165, 1.54) is 11.8 Å². The quantitative estimate of drug-likeness (QED) is 0.701. The lowest BCUT2D eigenvalue weighted by Gasteiger charge is -2.29. The number of thioether (sulfide) groups is 1. The van der Waals surface area contributed by atoms with Crippen molar-refractivity contribution in [3.05, 3.63) is 29.3 Å². The van der Waals surface area contributed by atoms with Crippen LogP contribution < -0.4 is 14.2 Å². The van der Waals surface area contributed by atoms with Crippen LogP contribution in [0.15, 0.2) is 23.7 Å². The zero-order valence-electron chi connectivity index (χ0n) is 8.58.